The predicted octanol–water partition coefficient (Wildman–Crippen LogP) is 5.72. The van der Waals surface area contributed by atoms with Gasteiger partial charge in [-0.1, -0.05) is 30.3 Å². The number of hydrogen-bond donors (Lipinski definition) is 0. The Balaban J connectivity index is 1.74. The van der Waals surface area contributed by atoms with E-state index in [0.717, 1.165) is 32.5 Å². The summed E-state index contributed by atoms with van der Waals surface area (Å²) >= 11 is 3.02. The smallest absolute Gasteiger partial charge is 0.348 e. The maximum atomic E-state index is 12.8. The van der Waals surface area contributed by atoms with Gasteiger partial charge < -0.3 is 14.4 Å². The van der Waals surface area contributed by atoms with Gasteiger partial charge in [-0.05, 0) is 36.8 Å². The molecule has 2 heterocycles. The third kappa shape index (κ3) is 5.09. The van der Waals surface area contributed by atoms with Crippen LogP contribution in [0.15, 0.2) is 69.2 Å². The number of esters is 1. The van der Waals surface area contributed by atoms with Crippen LogP contribution < -0.4 is 9.64 Å². The van der Waals surface area contributed by atoms with E-state index >= 15 is 0 Å². The van der Waals surface area contributed by atoms with E-state index in [9.17, 15) is 9.70 Å². The van der Waals surface area contributed by atoms with E-state index in [2.05, 4.69) is 27.4 Å². The van der Waals surface area contributed by atoms with Crippen molar-refractivity contribution < 1.29 is 14.3 Å². The topological polar surface area (TPSA) is 80.6 Å². The molecule has 0 unspecified atom stereocenters. The number of methoxy groups -OCH3 is 1. The first-order valence-electron chi connectivity index (χ1n) is 10.4. The molecule has 3 aromatic rings. The van der Waals surface area contributed by atoms with Gasteiger partial charge in [-0.25, -0.2) is 4.79 Å². The fourth-order valence-electron chi connectivity index (χ4n) is 3.68. The Morgan fingerprint density at radius 1 is 1.12 bits per heavy atom. The Labute approximate surface area is 200 Å². The lowest BCUT2D eigenvalue weighted by molar-refractivity contribution is 0.0531. The number of hydrogen-bond acceptors (Lipinski definition) is 8. The van der Waals surface area contributed by atoms with Gasteiger partial charge in [-0.15, -0.1) is 33.1 Å². The number of rotatable bonds is 8. The van der Waals surface area contributed by atoms with Crippen molar-refractivity contribution in [2.45, 2.75) is 23.4 Å². The third-order valence-corrected chi connectivity index (χ3v) is 7.78. The molecule has 0 saturated carbocycles. The Morgan fingerprint density at radius 2 is 1.88 bits per heavy atom. The standard InChI is InChI=1S/C24H23N3O4S2/c1-3-31-23(28)22-19-13-27(17-9-11-18(30-2)12-10-17)14-20(25-26-29)21(19)24(33-22)32-15-16-7-5-4-6-8-16/h4-12H,3,13-15H2,1-2H3/b25-20+. The summed E-state index contributed by atoms with van der Waals surface area (Å²) in [6.45, 7) is 2.98. The molecule has 2 aromatic carbocycles. The van der Waals surface area contributed by atoms with Crippen molar-refractivity contribution in [3.05, 3.63) is 81.1 Å². The van der Waals surface area contributed by atoms with Gasteiger partial charge in [-0.3, -0.25) is 0 Å². The van der Waals surface area contributed by atoms with Crippen LogP contribution in [0, 0.1) is 4.91 Å². The van der Waals surface area contributed by atoms with Gasteiger partial charge in [0.05, 0.1) is 35.5 Å². The molecule has 170 valence electrons. The molecule has 33 heavy (non-hydrogen) atoms. The first kappa shape index (κ1) is 23.0. The van der Waals surface area contributed by atoms with E-state index < -0.39 is 0 Å². The minimum atomic E-state index is -0.361. The van der Waals surface area contributed by atoms with E-state index in [1.54, 1.807) is 25.8 Å². The van der Waals surface area contributed by atoms with Gasteiger partial charge in [0.1, 0.15) is 10.6 Å². The summed E-state index contributed by atoms with van der Waals surface area (Å²) in [7, 11) is 1.62. The van der Waals surface area contributed by atoms with Gasteiger partial charge in [0, 0.05) is 29.1 Å². The van der Waals surface area contributed by atoms with Crippen molar-refractivity contribution in [3.63, 3.8) is 0 Å². The van der Waals surface area contributed by atoms with Gasteiger partial charge in [0.15, 0.2) is 0 Å². The predicted molar refractivity (Wildman–Crippen MR) is 133 cm³/mol. The number of carbonyl (C=O) groups is 1. The summed E-state index contributed by atoms with van der Waals surface area (Å²) in [6, 6.07) is 17.7. The van der Waals surface area contributed by atoms with Crippen LogP contribution in [0.25, 0.3) is 0 Å². The molecule has 0 atom stereocenters. The van der Waals surface area contributed by atoms with Crippen molar-refractivity contribution in [1.82, 2.24) is 0 Å². The summed E-state index contributed by atoms with van der Waals surface area (Å²) in [6.07, 6.45) is 0. The Kier molecular flexibility index (Phi) is 7.41. The highest BCUT2D eigenvalue weighted by Gasteiger charge is 2.33. The van der Waals surface area contributed by atoms with Gasteiger partial charge in [-0.2, -0.15) is 0 Å². The monoisotopic (exact) mass is 481 g/mol. The van der Waals surface area contributed by atoms with E-state index in [4.69, 9.17) is 9.47 Å². The molecule has 7 nitrogen and oxygen atoms in total. The van der Waals surface area contributed by atoms with Crippen molar-refractivity contribution in [2.24, 2.45) is 10.4 Å². The number of benzene rings is 2. The summed E-state index contributed by atoms with van der Waals surface area (Å²) in [5.74, 6) is 1.13. The highest BCUT2D eigenvalue weighted by molar-refractivity contribution is 8.00. The van der Waals surface area contributed by atoms with E-state index in [0.29, 0.717) is 23.7 Å². The second-order valence-corrected chi connectivity index (χ2v) is 9.51. The maximum Gasteiger partial charge on any atom is 0.348 e. The molecule has 0 spiro atoms. The molecule has 1 aliphatic rings. The van der Waals surface area contributed by atoms with Gasteiger partial charge >= 0.3 is 5.97 Å². The van der Waals surface area contributed by atoms with Crippen molar-refractivity contribution in [2.75, 3.05) is 25.2 Å². The number of nitroso groups, excluding NO2 is 1. The van der Waals surface area contributed by atoms with Crippen molar-refractivity contribution in [3.8, 4) is 5.75 Å². The van der Waals surface area contributed by atoms with E-state index in [1.165, 1.54) is 16.9 Å². The second-order valence-electron chi connectivity index (χ2n) is 7.25. The third-order valence-electron chi connectivity index (χ3n) is 5.23. The molecule has 0 radical (unpaired) electrons. The SMILES string of the molecule is CCOC(=O)c1sc(SCc2ccccc2)c2c1CN(c1ccc(OC)cc1)C/C2=N\N=O. The number of thiophene rings is 1. The molecular weight excluding hydrogens is 458 g/mol. The van der Waals surface area contributed by atoms with E-state index in [-0.39, 0.29) is 12.6 Å². The van der Waals surface area contributed by atoms with Gasteiger partial charge in [0.2, 0.25) is 0 Å². The molecule has 0 aliphatic carbocycles. The molecule has 0 bridgehead atoms. The normalized spacial score (nSPS) is 14.1. The summed E-state index contributed by atoms with van der Waals surface area (Å²) in [4.78, 5) is 26.6. The zero-order chi connectivity index (χ0) is 23.2. The molecule has 1 aromatic heterocycles. The number of thioether (sulfide) groups is 1. The minimum Gasteiger partial charge on any atom is -0.497 e. The molecule has 0 saturated heterocycles. The zero-order valence-corrected chi connectivity index (χ0v) is 19.9. The van der Waals surface area contributed by atoms with Gasteiger partial charge in [0.25, 0.3) is 0 Å². The zero-order valence-electron chi connectivity index (χ0n) is 18.3. The van der Waals surface area contributed by atoms with Crippen molar-refractivity contribution in [1.29, 1.82) is 0 Å². The summed E-state index contributed by atoms with van der Waals surface area (Å²) in [5.41, 5.74) is 4.29. The molecule has 4 rings (SSSR count). The van der Waals surface area contributed by atoms with Crippen LogP contribution in [0.4, 0.5) is 5.69 Å². The Morgan fingerprint density at radius 3 is 2.55 bits per heavy atom. The number of carbonyl (C=O) groups excluding carboxylic acids is 1. The van der Waals surface area contributed by atoms with E-state index in [1.807, 2.05) is 42.5 Å². The minimum absolute atomic E-state index is 0.289. The number of anilines is 1. The number of nitrogens with zero attached hydrogens (tertiary/aromatic N) is 3. The highest BCUT2D eigenvalue weighted by atomic mass is 32.2. The molecular formula is C24H23N3O4S2. The van der Waals surface area contributed by atoms with Crippen LogP contribution in [0.2, 0.25) is 0 Å². The Hall–Kier alpha value is -3.17. The number of ether oxygens (including phenoxy) is 2. The molecule has 0 amide bonds. The summed E-state index contributed by atoms with van der Waals surface area (Å²) in [5, 5.41) is 6.76. The average molecular weight is 482 g/mol. The van der Waals surface area contributed by atoms with Crippen LogP contribution in [0.5, 0.6) is 5.75 Å². The lowest BCUT2D eigenvalue weighted by Gasteiger charge is -2.30. The first-order valence-corrected chi connectivity index (χ1v) is 12.2. The molecule has 0 N–H and O–H groups in total. The second kappa shape index (κ2) is 10.6. The Bertz CT molecular complexity index is 1160. The van der Waals surface area contributed by atoms with Crippen LogP contribution in [-0.2, 0) is 17.0 Å². The van der Waals surface area contributed by atoms with Crippen molar-refractivity contribution >= 4 is 40.5 Å². The average Bonchev–Trinajstić information content (AvgIpc) is 3.23. The van der Waals surface area contributed by atoms with Crippen LogP contribution in [-0.4, -0.2) is 31.9 Å². The lowest BCUT2D eigenvalue weighted by Crippen LogP contribution is -2.35. The maximum absolute atomic E-state index is 12.8. The lowest BCUT2D eigenvalue weighted by atomic mass is 10.00. The van der Waals surface area contributed by atoms with Crippen LogP contribution in [0.1, 0.15) is 33.3 Å². The number of fused-ring (bicyclic) bond motifs is 1. The largest absolute Gasteiger partial charge is 0.497 e. The van der Waals surface area contributed by atoms with Crippen LogP contribution >= 0.6 is 23.1 Å². The highest BCUT2D eigenvalue weighted by Crippen LogP contribution is 2.42. The quantitative estimate of drug-likeness (QED) is 0.177. The first-order chi connectivity index (χ1) is 16.1. The molecule has 0 fully saturated rings. The molecule has 1 aliphatic heterocycles. The summed E-state index contributed by atoms with van der Waals surface area (Å²) < 4.78 is 11.5. The molecule has 9 heteroatoms. The fourth-order valence-corrected chi connectivity index (χ4v) is 6.18. The fraction of sp³-hybridized carbons (Fsp3) is 0.250. The van der Waals surface area contributed by atoms with Crippen LogP contribution in [0.3, 0.4) is 0 Å².